The Morgan fingerprint density at radius 1 is 0.927 bits per heavy atom. The van der Waals surface area contributed by atoms with E-state index in [2.05, 4.69) is 38.8 Å². The summed E-state index contributed by atoms with van der Waals surface area (Å²) in [5.41, 5.74) is 2.22. The third kappa shape index (κ3) is 6.69. The van der Waals surface area contributed by atoms with Crippen molar-refractivity contribution in [2.75, 3.05) is 26.2 Å². The summed E-state index contributed by atoms with van der Waals surface area (Å²) in [7, 11) is -1.96. The summed E-state index contributed by atoms with van der Waals surface area (Å²) in [5, 5.41) is 11.1. The number of nitrogens with zero attached hydrogens (tertiary/aromatic N) is 1. The number of carbonyl (C=O) groups excluding carboxylic acids is 1. The van der Waals surface area contributed by atoms with Crippen LogP contribution in [0.5, 0.6) is 17.2 Å². The first-order valence-electron chi connectivity index (χ1n) is 14.6. The van der Waals surface area contributed by atoms with E-state index in [1.165, 1.54) is 30.6 Å². The molecule has 1 N–H and O–H groups in total. The van der Waals surface area contributed by atoms with Gasteiger partial charge in [0, 0.05) is 32.6 Å². The van der Waals surface area contributed by atoms with Crippen LogP contribution in [0.4, 0.5) is 0 Å². The first-order valence-corrected chi connectivity index (χ1v) is 18.3. The zero-order valence-electron chi connectivity index (χ0n) is 24.8. The lowest BCUT2D eigenvalue weighted by Gasteiger charge is -2.36. The van der Waals surface area contributed by atoms with Crippen LogP contribution in [0.25, 0.3) is 20.5 Å². The zero-order valence-corrected chi connectivity index (χ0v) is 26.6. The number of rotatable bonds is 9. The molecule has 4 aromatic rings. The van der Waals surface area contributed by atoms with E-state index in [-0.39, 0.29) is 16.6 Å². The summed E-state index contributed by atoms with van der Waals surface area (Å²) in [6.45, 7) is 15.0. The lowest BCUT2D eigenvalue weighted by Crippen LogP contribution is -2.43. The van der Waals surface area contributed by atoms with Crippen LogP contribution in [0.15, 0.2) is 66.7 Å². The molecular formula is C34H41NO4SSi. The van der Waals surface area contributed by atoms with E-state index < -0.39 is 8.32 Å². The van der Waals surface area contributed by atoms with Crippen LogP contribution < -0.4 is 9.16 Å². The second-order valence-electron chi connectivity index (χ2n) is 12.5. The van der Waals surface area contributed by atoms with Gasteiger partial charge in [-0.3, -0.25) is 9.69 Å². The summed E-state index contributed by atoms with van der Waals surface area (Å²) in [6.07, 6.45) is 3.86. The van der Waals surface area contributed by atoms with Crippen LogP contribution in [0.3, 0.4) is 0 Å². The van der Waals surface area contributed by atoms with E-state index in [9.17, 15) is 9.90 Å². The smallest absolute Gasteiger partial charge is 0.250 e. The van der Waals surface area contributed by atoms with Crippen molar-refractivity contribution in [1.82, 2.24) is 4.90 Å². The number of phenolic OH excluding ortho intramolecular Hbond substituents is 1. The number of likely N-dealkylation sites (tertiary alicyclic amines) is 1. The maximum atomic E-state index is 14.0. The zero-order chi connectivity index (χ0) is 29.2. The topological polar surface area (TPSA) is 59.0 Å². The van der Waals surface area contributed by atoms with Gasteiger partial charge in [-0.1, -0.05) is 27.2 Å². The number of aromatic hydroxyl groups is 1. The van der Waals surface area contributed by atoms with Gasteiger partial charge in [-0.25, -0.2) is 0 Å². The van der Waals surface area contributed by atoms with Crippen molar-refractivity contribution < 1.29 is 19.1 Å². The van der Waals surface area contributed by atoms with Gasteiger partial charge in [0.15, 0.2) is 5.78 Å². The molecule has 5 rings (SSSR count). The molecule has 1 aromatic heterocycles. The maximum Gasteiger partial charge on any atom is 0.250 e. The molecule has 1 aliphatic rings. The predicted molar refractivity (Wildman–Crippen MR) is 172 cm³/mol. The fraction of sp³-hybridized carbons (Fsp3) is 0.382. The molecule has 0 unspecified atom stereocenters. The molecule has 0 aliphatic carbocycles. The summed E-state index contributed by atoms with van der Waals surface area (Å²) < 4.78 is 13.3. The van der Waals surface area contributed by atoms with Gasteiger partial charge in [-0.2, -0.15) is 0 Å². The SMILES string of the molecule is CC(C)(C)[Si](C)(C)Oc1ccc(-c2sc3cc(O)ccc3c2C(=O)c2ccc(OCCN3CCCCC3)cc2)cc1. The molecule has 1 aliphatic heterocycles. The highest BCUT2D eigenvalue weighted by Gasteiger charge is 2.39. The van der Waals surface area contributed by atoms with Crippen molar-refractivity contribution in [3.05, 3.63) is 77.9 Å². The van der Waals surface area contributed by atoms with E-state index in [0.29, 0.717) is 17.7 Å². The standard InChI is InChI=1S/C34H41NO4SSi/c1-34(2,3)41(4,5)39-28-16-11-25(12-17-28)33-31(29-18-13-26(36)23-30(29)40-33)32(37)24-9-14-27(15-10-24)38-22-21-35-19-7-6-8-20-35/h9-18,23,36H,6-8,19-22H2,1-5H3. The van der Waals surface area contributed by atoms with Crippen molar-refractivity contribution >= 4 is 35.5 Å². The Labute approximate surface area is 248 Å². The predicted octanol–water partition coefficient (Wildman–Crippen LogP) is 8.75. The lowest BCUT2D eigenvalue weighted by atomic mass is 9.97. The molecule has 41 heavy (non-hydrogen) atoms. The van der Waals surface area contributed by atoms with E-state index in [4.69, 9.17) is 9.16 Å². The van der Waals surface area contributed by atoms with Crippen LogP contribution in [0, 0.1) is 0 Å². The third-order valence-corrected chi connectivity index (χ3v) is 14.0. The average molecular weight is 588 g/mol. The van der Waals surface area contributed by atoms with Crippen molar-refractivity contribution in [2.24, 2.45) is 0 Å². The average Bonchev–Trinajstić information content (AvgIpc) is 3.32. The number of hydrogen-bond acceptors (Lipinski definition) is 6. The monoisotopic (exact) mass is 587 g/mol. The van der Waals surface area contributed by atoms with Gasteiger partial charge in [0.2, 0.25) is 8.32 Å². The molecule has 0 amide bonds. The first kappa shape index (κ1) is 29.4. The van der Waals surface area contributed by atoms with E-state index >= 15 is 0 Å². The number of ketones is 1. The number of hydrogen-bond donors (Lipinski definition) is 1. The summed E-state index contributed by atoms with van der Waals surface area (Å²) >= 11 is 1.52. The van der Waals surface area contributed by atoms with Gasteiger partial charge >= 0.3 is 0 Å². The van der Waals surface area contributed by atoms with Gasteiger partial charge in [0.1, 0.15) is 23.9 Å². The third-order valence-electron chi connectivity index (χ3n) is 8.44. The van der Waals surface area contributed by atoms with E-state index in [1.807, 2.05) is 54.6 Å². The van der Waals surface area contributed by atoms with Crippen molar-refractivity contribution in [3.8, 4) is 27.7 Å². The Morgan fingerprint density at radius 3 is 2.24 bits per heavy atom. The normalized spacial score (nSPS) is 14.8. The number of fused-ring (bicyclic) bond motifs is 1. The number of phenols is 1. The molecular weight excluding hydrogens is 547 g/mol. The molecule has 1 saturated heterocycles. The molecule has 0 bridgehead atoms. The van der Waals surface area contributed by atoms with Crippen LogP contribution in [0.1, 0.15) is 56.0 Å². The van der Waals surface area contributed by atoms with Crippen LogP contribution >= 0.6 is 11.3 Å². The Hall–Kier alpha value is -3.13. The second kappa shape index (κ2) is 12.0. The van der Waals surface area contributed by atoms with Crippen LogP contribution in [-0.2, 0) is 0 Å². The van der Waals surface area contributed by atoms with Crippen molar-refractivity contribution in [2.45, 2.75) is 58.2 Å². The first-order chi connectivity index (χ1) is 19.5. The Balaban J connectivity index is 1.38. The number of benzene rings is 3. The highest BCUT2D eigenvalue weighted by Crippen LogP contribution is 2.42. The number of carbonyl (C=O) groups is 1. The van der Waals surface area contributed by atoms with Gasteiger partial charge in [-0.05, 0) is 116 Å². The van der Waals surface area contributed by atoms with E-state index in [1.54, 1.807) is 12.1 Å². The summed E-state index contributed by atoms with van der Waals surface area (Å²) in [6, 6.07) is 20.7. The molecule has 3 aromatic carbocycles. The fourth-order valence-electron chi connectivity index (χ4n) is 4.96. The Morgan fingerprint density at radius 2 is 1.59 bits per heavy atom. The number of ether oxygens (including phenoxy) is 1. The minimum atomic E-state index is -1.96. The summed E-state index contributed by atoms with van der Waals surface area (Å²) in [5.74, 6) is 1.77. The molecule has 0 radical (unpaired) electrons. The molecule has 2 heterocycles. The van der Waals surface area contributed by atoms with Crippen molar-refractivity contribution in [3.63, 3.8) is 0 Å². The van der Waals surface area contributed by atoms with Gasteiger partial charge in [0.25, 0.3) is 0 Å². The molecule has 1 fully saturated rings. The second-order valence-corrected chi connectivity index (χ2v) is 18.3. The largest absolute Gasteiger partial charge is 0.544 e. The quantitative estimate of drug-likeness (QED) is 0.157. The molecule has 0 spiro atoms. The molecule has 5 nitrogen and oxygen atoms in total. The Kier molecular flexibility index (Phi) is 8.59. The molecule has 7 heteroatoms. The Bertz CT molecular complexity index is 1500. The minimum Gasteiger partial charge on any atom is -0.544 e. The number of piperidine rings is 1. The van der Waals surface area contributed by atoms with Crippen molar-refractivity contribution in [1.29, 1.82) is 0 Å². The van der Waals surface area contributed by atoms with E-state index in [0.717, 1.165) is 51.7 Å². The van der Waals surface area contributed by atoms with Crippen LogP contribution in [-0.4, -0.2) is 50.3 Å². The maximum absolute atomic E-state index is 14.0. The minimum absolute atomic E-state index is 0.0431. The van der Waals surface area contributed by atoms with Crippen LogP contribution in [0.2, 0.25) is 18.1 Å². The highest BCUT2D eigenvalue weighted by molar-refractivity contribution is 7.22. The fourth-order valence-corrected chi connectivity index (χ4v) is 7.23. The molecule has 216 valence electrons. The summed E-state index contributed by atoms with van der Waals surface area (Å²) in [4.78, 5) is 17.3. The van der Waals surface area contributed by atoms with Gasteiger partial charge in [0.05, 0.1) is 0 Å². The lowest BCUT2D eigenvalue weighted by molar-refractivity contribution is 0.104. The number of thiophene rings is 1. The highest BCUT2D eigenvalue weighted by atomic mass is 32.1. The molecule has 0 saturated carbocycles. The van der Waals surface area contributed by atoms with Gasteiger partial charge < -0.3 is 14.3 Å². The van der Waals surface area contributed by atoms with Gasteiger partial charge in [-0.15, -0.1) is 11.3 Å². The molecule has 0 atom stereocenters.